The van der Waals surface area contributed by atoms with Gasteiger partial charge >= 0.3 is 5.97 Å². The van der Waals surface area contributed by atoms with Gasteiger partial charge in [0.2, 0.25) is 0 Å². The van der Waals surface area contributed by atoms with Crippen LogP contribution in [0.1, 0.15) is 22.8 Å². The summed E-state index contributed by atoms with van der Waals surface area (Å²) in [5.74, 6) is -0.141. The smallest absolute Gasteiger partial charge is 0.344 e. The minimum Gasteiger partial charge on any atom is -0.482 e. The monoisotopic (exact) mass is 313 g/mol. The Balaban J connectivity index is 1.99. The molecule has 0 aliphatic rings. The first-order chi connectivity index (χ1) is 11.1. The summed E-state index contributed by atoms with van der Waals surface area (Å²) in [5.41, 5.74) is 2.20. The Labute approximate surface area is 135 Å². The molecule has 0 unspecified atom stereocenters. The van der Waals surface area contributed by atoms with E-state index in [9.17, 15) is 9.59 Å². The number of carbonyl (C=O) groups excluding carboxylic acids is 2. The van der Waals surface area contributed by atoms with Crippen molar-refractivity contribution in [3.05, 3.63) is 59.7 Å². The van der Waals surface area contributed by atoms with Crippen LogP contribution < -0.4 is 10.1 Å². The highest BCUT2D eigenvalue weighted by Crippen LogP contribution is 2.18. The average molecular weight is 313 g/mol. The SMILES string of the molecule is CCOC(=O)COc1cccc(NC(=O)c2cccc(C)c2)c1. The number of rotatable bonds is 6. The molecule has 0 aliphatic heterocycles. The lowest BCUT2D eigenvalue weighted by Crippen LogP contribution is -2.15. The van der Waals surface area contributed by atoms with E-state index in [0.29, 0.717) is 23.6 Å². The molecule has 0 spiro atoms. The summed E-state index contributed by atoms with van der Waals surface area (Å²) in [4.78, 5) is 23.5. The van der Waals surface area contributed by atoms with Crippen LogP contribution in [0, 0.1) is 6.92 Å². The van der Waals surface area contributed by atoms with Crippen LogP contribution in [-0.2, 0) is 9.53 Å². The van der Waals surface area contributed by atoms with Crippen LogP contribution in [0.25, 0.3) is 0 Å². The number of hydrogen-bond acceptors (Lipinski definition) is 4. The van der Waals surface area contributed by atoms with Crippen LogP contribution in [0.4, 0.5) is 5.69 Å². The quantitative estimate of drug-likeness (QED) is 0.832. The number of amides is 1. The van der Waals surface area contributed by atoms with E-state index in [-0.39, 0.29) is 12.5 Å². The summed E-state index contributed by atoms with van der Waals surface area (Å²) in [6.45, 7) is 3.82. The van der Waals surface area contributed by atoms with Gasteiger partial charge in [0.25, 0.3) is 5.91 Å². The Morgan fingerprint density at radius 1 is 1.09 bits per heavy atom. The van der Waals surface area contributed by atoms with E-state index < -0.39 is 5.97 Å². The maximum atomic E-state index is 12.2. The molecule has 0 saturated heterocycles. The molecule has 5 nitrogen and oxygen atoms in total. The number of benzene rings is 2. The van der Waals surface area contributed by atoms with Gasteiger partial charge < -0.3 is 14.8 Å². The summed E-state index contributed by atoms with van der Waals surface area (Å²) in [6, 6.07) is 14.2. The number of nitrogens with one attached hydrogen (secondary N) is 1. The van der Waals surface area contributed by atoms with Crippen molar-refractivity contribution < 1.29 is 19.1 Å². The molecule has 1 amide bonds. The molecule has 2 rings (SSSR count). The zero-order valence-electron chi connectivity index (χ0n) is 13.2. The Bertz CT molecular complexity index is 697. The van der Waals surface area contributed by atoms with Gasteiger partial charge in [0.1, 0.15) is 5.75 Å². The van der Waals surface area contributed by atoms with Gasteiger partial charge in [0.05, 0.1) is 6.61 Å². The number of carbonyl (C=O) groups is 2. The molecule has 0 aromatic heterocycles. The highest BCUT2D eigenvalue weighted by molar-refractivity contribution is 6.04. The fourth-order valence-corrected chi connectivity index (χ4v) is 2.00. The number of hydrogen-bond donors (Lipinski definition) is 1. The molecule has 0 bridgehead atoms. The second-order valence-corrected chi connectivity index (χ2v) is 4.95. The zero-order valence-corrected chi connectivity index (χ0v) is 13.2. The van der Waals surface area contributed by atoms with Crippen LogP contribution in [0.2, 0.25) is 0 Å². The third kappa shape index (κ3) is 5.14. The van der Waals surface area contributed by atoms with Crippen LogP contribution in [0.5, 0.6) is 5.75 Å². The van der Waals surface area contributed by atoms with Crippen molar-refractivity contribution in [2.75, 3.05) is 18.5 Å². The predicted molar refractivity (Wildman–Crippen MR) is 87.7 cm³/mol. The maximum absolute atomic E-state index is 12.2. The maximum Gasteiger partial charge on any atom is 0.344 e. The van der Waals surface area contributed by atoms with Gasteiger partial charge in [-0.3, -0.25) is 4.79 Å². The van der Waals surface area contributed by atoms with Crippen molar-refractivity contribution in [3.63, 3.8) is 0 Å². The Morgan fingerprint density at radius 3 is 2.61 bits per heavy atom. The molecule has 0 fully saturated rings. The number of ether oxygens (including phenoxy) is 2. The fourth-order valence-electron chi connectivity index (χ4n) is 2.00. The lowest BCUT2D eigenvalue weighted by molar-refractivity contribution is -0.145. The van der Waals surface area contributed by atoms with Crippen LogP contribution in [0.15, 0.2) is 48.5 Å². The minimum atomic E-state index is -0.429. The predicted octanol–water partition coefficient (Wildman–Crippen LogP) is 3.19. The van der Waals surface area contributed by atoms with E-state index >= 15 is 0 Å². The summed E-state index contributed by atoms with van der Waals surface area (Å²) >= 11 is 0. The van der Waals surface area contributed by atoms with Gasteiger partial charge in [-0.25, -0.2) is 4.79 Å². The molecular formula is C18H19NO4. The van der Waals surface area contributed by atoms with Gasteiger partial charge in [-0.2, -0.15) is 0 Å². The fraction of sp³-hybridized carbons (Fsp3) is 0.222. The Hall–Kier alpha value is -2.82. The molecule has 120 valence electrons. The van der Waals surface area contributed by atoms with Crippen molar-refractivity contribution in [2.45, 2.75) is 13.8 Å². The van der Waals surface area contributed by atoms with E-state index in [2.05, 4.69) is 5.32 Å². The molecular weight excluding hydrogens is 294 g/mol. The van der Waals surface area contributed by atoms with E-state index in [1.807, 2.05) is 25.1 Å². The first-order valence-electron chi connectivity index (χ1n) is 7.35. The van der Waals surface area contributed by atoms with E-state index in [1.54, 1.807) is 37.3 Å². The second kappa shape index (κ2) is 7.98. The van der Waals surface area contributed by atoms with Crippen molar-refractivity contribution in [1.29, 1.82) is 0 Å². The van der Waals surface area contributed by atoms with Crippen molar-refractivity contribution >= 4 is 17.6 Å². The van der Waals surface area contributed by atoms with E-state index in [0.717, 1.165) is 5.56 Å². The normalized spacial score (nSPS) is 10.0. The zero-order chi connectivity index (χ0) is 16.7. The van der Waals surface area contributed by atoms with Crippen molar-refractivity contribution in [2.24, 2.45) is 0 Å². The molecule has 0 atom stereocenters. The Kier molecular flexibility index (Phi) is 5.74. The highest BCUT2D eigenvalue weighted by atomic mass is 16.6. The van der Waals surface area contributed by atoms with Gasteiger partial charge in [0.15, 0.2) is 6.61 Å². The summed E-state index contributed by atoms with van der Waals surface area (Å²) in [6.07, 6.45) is 0. The van der Waals surface area contributed by atoms with E-state index in [1.165, 1.54) is 0 Å². The second-order valence-electron chi connectivity index (χ2n) is 4.95. The molecule has 0 saturated carbocycles. The van der Waals surface area contributed by atoms with Gasteiger partial charge in [-0.15, -0.1) is 0 Å². The highest BCUT2D eigenvalue weighted by Gasteiger charge is 2.08. The molecule has 2 aromatic carbocycles. The number of anilines is 1. The molecule has 0 heterocycles. The molecule has 2 aromatic rings. The average Bonchev–Trinajstić information content (AvgIpc) is 2.53. The Morgan fingerprint density at radius 2 is 1.87 bits per heavy atom. The van der Waals surface area contributed by atoms with Crippen molar-refractivity contribution in [1.82, 2.24) is 0 Å². The molecule has 0 aliphatic carbocycles. The van der Waals surface area contributed by atoms with Gasteiger partial charge in [-0.1, -0.05) is 23.8 Å². The van der Waals surface area contributed by atoms with Crippen LogP contribution >= 0.6 is 0 Å². The van der Waals surface area contributed by atoms with Crippen LogP contribution in [-0.4, -0.2) is 25.1 Å². The van der Waals surface area contributed by atoms with E-state index in [4.69, 9.17) is 9.47 Å². The van der Waals surface area contributed by atoms with Gasteiger partial charge in [-0.05, 0) is 38.1 Å². The lowest BCUT2D eigenvalue weighted by atomic mass is 10.1. The number of aryl methyl sites for hydroxylation is 1. The summed E-state index contributed by atoms with van der Waals surface area (Å²) in [7, 11) is 0. The summed E-state index contributed by atoms with van der Waals surface area (Å²) < 4.78 is 10.1. The molecule has 0 radical (unpaired) electrons. The largest absolute Gasteiger partial charge is 0.482 e. The minimum absolute atomic E-state index is 0.164. The van der Waals surface area contributed by atoms with Gasteiger partial charge in [0, 0.05) is 17.3 Å². The number of esters is 1. The first kappa shape index (κ1) is 16.5. The lowest BCUT2D eigenvalue weighted by Gasteiger charge is -2.09. The third-order valence-corrected chi connectivity index (χ3v) is 3.03. The first-order valence-corrected chi connectivity index (χ1v) is 7.35. The summed E-state index contributed by atoms with van der Waals surface area (Å²) in [5, 5.41) is 2.80. The topological polar surface area (TPSA) is 64.6 Å². The third-order valence-electron chi connectivity index (χ3n) is 3.03. The standard InChI is InChI=1S/C18H19NO4/c1-3-22-17(20)12-23-16-9-5-8-15(11-16)19-18(21)14-7-4-6-13(2)10-14/h4-11H,3,12H2,1-2H3,(H,19,21). The molecule has 23 heavy (non-hydrogen) atoms. The molecule has 1 N–H and O–H groups in total. The molecule has 5 heteroatoms. The van der Waals surface area contributed by atoms with Crippen LogP contribution in [0.3, 0.4) is 0 Å². The van der Waals surface area contributed by atoms with Crippen molar-refractivity contribution in [3.8, 4) is 5.75 Å².